The Morgan fingerprint density at radius 3 is 2.24 bits per heavy atom. The largest absolute Gasteiger partial charge is 0.326 e. The predicted molar refractivity (Wildman–Crippen MR) is 87.3 cm³/mol. The summed E-state index contributed by atoms with van der Waals surface area (Å²) in [6.07, 6.45) is 0.734. The van der Waals surface area contributed by atoms with Crippen LogP contribution in [-0.2, 0) is 16.6 Å². The van der Waals surface area contributed by atoms with E-state index in [2.05, 4.69) is 0 Å². The molecule has 0 bridgehead atoms. The molecule has 8 heteroatoms. The van der Waals surface area contributed by atoms with Gasteiger partial charge in [-0.15, -0.1) is 0 Å². The first-order valence-corrected chi connectivity index (χ1v) is 8.68. The Hall–Kier alpha value is -0.370. The molecule has 5 nitrogen and oxygen atoms in total. The SMILES string of the molecule is CN(C)CCCN(C)S(=O)(=O)c1cc(CN)c(Cl)cc1Cl. The summed E-state index contributed by atoms with van der Waals surface area (Å²) in [5.74, 6) is 0. The van der Waals surface area contributed by atoms with Crippen molar-refractivity contribution in [2.45, 2.75) is 17.9 Å². The molecule has 0 radical (unpaired) electrons. The minimum Gasteiger partial charge on any atom is -0.326 e. The molecule has 1 rings (SSSR count). The van der Waals surface area contributed by atoms with Crippen molar-refractivity contribution in [3.05, 3.63) is 27.7 Å². The fourth-order valence-electron chi connectivity index (χ4n) is 1.82. The Kier molecular flexibility index (Phi) is 6.90. The zero-order valence-corrected chi connectivity index (χ0v) is 14.8. The highest BCUT2D eigenvalue weighted by molar-refractivity contribution is 7.89. The molecular formula is C13H21Cl2N3O2S. The average Bonchev–Trinajstić information content (AvgIpc) is 2.37. The molecule has 21 heavy (non-hydrogen) atoms. The van der Waals surface area contributed by atoms with Gasteiger partial charge in [-0.25, -0.2) is 12.7 Å². The van der Waals surface area contributed by atoms with Gasteiger partial charge in [-0.1, -0.05) is 23.2 Å². The number of nitrogens with zero attached hydrogens (tertiary/aromatic N) is 2. The van der Waals surface area contributed by atoms with Crippen LogP contribution in [0.15, 0.2) is 17.0 Å². The standard InChI is InChI=1S/C13H21Cl2N3O2S/c1-17(2)5-4-6-18(3)21(19,20)13-7-10(9-16)11(14)8-12(13)15/h7-8H,4-6,9,16H2,1-3H3. The van der Waals surface area contributed by atoms with Crippen LogP contribution in [0.3, 0.4) is 0 Å². The minimum absolute atomic E-state index is 0.0429. The van der Waals surface area contributed by atoms with Crippen LogP contribution in [-0.4, -0.2) is 51.9 Å². The number of benzene rings is 1. The Balaban J connectivity index is 3.02. The molecule has 0 aromatic heterocycles. The second-order valence-electron chi connectivity index (χ2n) is 5.06. The highest BCUT2D eigenvalue weighted by Gasteiger charge is 2.24. The van der Waals surface area contributed by atoms with E-state index in [-0.39, 0.29) is 16.5 Å². The summed E-state index contributed by atoms with van der Waals surface area (Å²) in [6, 6.07) is 2.87. The molecule has 0 atom stereocenters. The lowest BCUT2D eigenvalue weighted by molar-refractivity contribution is 0.370. The van der Waals surface area contributed by atoms with Gasteiger partial charge in [0.1, 0.15) is 4.90 Å². The van der Waals surface area contributed by atoms with Crippen LogP contribution in [0.4, 0.5) is 0 Å². The third-order valence-corrected chi connectivity index (χ3v) is 5.76. The Morgan fingerprint density at radius 1 is 1.10 bits per heavy atom. The Bertz CT molecular complexity index is 591. The second kappa shape index (κ2) is 7.76. The fraction of sp³-hybridized carbons (Fsp3) is 0.538. The molecule has 0 aliphatic carbocycles. The third kappa shape index (κ3) is 4.81. The molecule has 1 aromatic rings. The quantitative estimate of drug-likeness (QED) is 0.814. The van der Waals surface area contributed by atoms with Gasteiger partial charge in [0, 0.05) is 25.2 Å². The van der Waals surface area contributed by atoms with Crippen LogP contribution in [0.1, 0.15) is 12.0 Å². The molecule has 0 saturated heterocycles. The molecule has 0 unspecified atom stereocenters. The average molecular weight is 354 g/mol. The van der Waals surface area contributed by atoms with Gasteiger partial charge in [0.25, 0.3) is 0 Å². The van der Waals surface area contributed by atoms with Crippen molar-refractivity contribution in [1.82, 2.24) is 9.21 Å². The van der Waals surface area contributed by atoms with Gasteiger partial charge in [-0.3, -0.25) is 0 Å². The van der Waals surface area contributed by atoms with E-state index >= 15 is 0 Å². The summed E-state index contributed by atoms with van der Waals surface area (Å²) in [5.41, 5.74) is 6.12. The Labute approximate surface area is 136 Å². The van der Waals surface area contributed by atoms with E-state index in [9.17, 15) is 8.42 Å². The number of hydrogen-bond acceptors (Lipinski definition) is 4. The number of nitrogens with two attached hydrogens (primary N) is 1. The summed E-state index contributed by atoms with van der Waals surface area (Å²) in [7, 11) is 1.78. The van der Waals surface area contributed by atoms with Gasteiger partial charge in [-0.05, 0) is 44.8 Å². The normalized spacial score (nSPS) is 12.4. The lowest BCUT2D eigenvalue weighted by atomic mass is 10.2. The van der Waals surface area contributed by atoms with Gasteiger partial charge >= 0.3 is 0 Å². The first-order valence-electron chi connectivity index (χ1n) is 6.49. The van der Waals surface area contributed by atoms with Crippen LogP contribution in [0, 0.1) is 0 Å². The van der Waals surface area contributed by atoms with Crippen molar-refractivity contribution in [3.63, 3.8) is 0 Å². The van der Waals surface area contributed by atoms with Crippen LogP contribution >= 0.6 is 23.2 Å². The first-order chi connectivity index (χ1) is 9.70. The smallest absolute Gasteiger partial charge is 0.244 e. The highest BCUT2D eigenvalue weighted by Crippen LogP contribution is 2.30. The highest BCUT2D eigenvalue weighted by atomic mass is 35.5. The maximum absolute atomic E-state index is 12.6. The number of rotatable bonds is 7. The number of hydrogen-bond donors (Lipinski definition) is 1. The molecule has 120 valence electrons. The minimum atomic E-state index is -3.65. The lowest BCUT2D eigenvalue weighted by Gasteiger charge is -2.20. The van der Waals surface area contributed by atoms with Crippen molar-refractivity contribution in [3.8, 4) is 0 Å². The summed E-state index contributed by atoms with van der Waals surface area (Å²) >= 11 is 12.0. The third-order valence-electron chi connectivity index (χ3n) is 3.09. The molecule has 1 aromatic carbocycles. The van der Waals surface area contributed by atoms with Crippen molar-refractivity contribution in [1.29, 1.82) is 0 Å². The van der Waals surface area contributed by atoms with Gasteiger partial charge in [-0.2, -0.15) is 0 Å². The zero-order valence-electron chi connectivity index (χ0n) is 12.4. The van der Waals surface area contributed by atoms with Crippen molar-refractivity contribution in [2.24, 2.45) is 5.73 Å². The van der Waals surface area contributed by atoms with Crippen molar-refractivity contribution >= 4 is 33.2 Å². The maximum Gasteiger partial charge on any atom is 0.244 e. The van der Waals surface area contributed by atoms with Crippen LogP contribution in [0.5, 0.6) is 0 Å². The van der Waals surface area contributed by atoms with E-state index in [0.717, 1.165) is 13.0 Å². The summed E-state index contributed by atoms with van der Waals surface area (Å²) in [4.78, 5) is 2.05. The van der Waals surface area contributed by atoms with Gasteiger partial charge in [0.15, 0.2) is 0 Å². The van der Waals surface area contributed by atoms with Crippen LogP contribution < -0.4 is 5.73 Å². The first kappa shape index (κ1) is 18.7. The molecule has 0 aliphatic rings. The molecular weight excluding hydrogens is 333 g/mol. The molecule has 0 fully saturated rings. The molecule has 0 amide bonds. The Morgan fingerprint density at radius 2 is 1.71 bits per heavy atom. The number of sulfonamides is 1. The lowest BCUT2D eigenvalue weighted by Crippen LogP contribution is -2.30. The fourth-order valence-corrected chi connectivity index (χ4v) is 3.88. The van der Waals surface area contributed by atoms with Crippen LogP contribution in [0.25, 0.3) is 0 Å². The van der Waals surface area contributed by atoms with E-state index in [1.807, 2.05) is 19.0 Å². The zero-order chi connectivity index (χ0) is 16.2. The summed E-state index contributed by atoms with van der Waals surface area (Å²) in [5, 5.41) is 0.480. The second-order valence-corrected chi connectivity index (χ2v) is 7.89. The maximum atomic E-state index is 12.6. The monoisotopic (exact) mass is 353 g/mol. The number of halogens is 2. The topological polar surface area (TPSA) is 66.6 Å². The summed E-state index contributed by atoms with van der Waals surface area (Å²) in [6.45, 7) is 1.38. The van der Waals surface area contributed by atoms with Crippen molar-refractivity contribution < 1.29 is 8.42 Å². The van der Waals surface area contributed by atoms with E-state index in [1.54, 1.807) is 0 Å². The predicted octanol–water partition coefficient (Wildman–Crippen LogP) is 2.02. The molecule has 0 aliphatic heterocycles. The van der Waals surface area contributed by atoms with Gasteiger partial charge < -0.3 is 10.6 Å². The summed E-state index contributed by atoms with van der Waals surface area (Å²) < 4.78 is 26.4. The van der Waals surface area contributed by atoms with E-state index in [1.165, 1.54) is 23.5 Å². The van der Waals surface area contributed by atoms with E-state index in [4.69, 9.17) is 28.9 Å². The van der Waals surface area contributed by atoms with Gasteiger partial charge in [0.05, 0.1) is 5.02 Å². The molecule has 0 heterocycles. The van der Waals surface area contributed by atoms with Crippen molar-refractivity contribution in [2.75, 3.05) is 34.2 Å². The van der Waals surface area contributed by atoms with E-state index in [0.29, 0.717) is 17.1 Å². The molecule has 0 saturated carbocycles. The van der Waals surface area contributed by atoms with E-state index < -0.39 is 10.0 Å². The molecule has 0 spiro atoms. The van der Waals surface area contributed by atoms with Gasteiger partial charge in [0.2, 0.25) is 10.0 Å². The molecule has 2 N–H and O–H groups in total. The van der Waals surface area contributed by atoms with Crippen LogP contribution in [0.2, 0.25) is 10.0 Å².